The number of rotatable bonds is 3. The average molecular weight is 186 g/mol. The SMILES string of the molecule is COc1ccc(C[PH](=O)O)cc1. The van der Waals surface area contributed by atoms with Gasteiger partial charge in [-0.15, -0.1) is 0 Å². The summed E-state index contributed by atoms with van der Waals surface area (Å²) in [6, 6.07) is 7.13. The fourth-order valence-electron chi connectivity index (χ4n) is 0.918. The highest BCUT2D eigenvalue weighted by Gasteiger charge is 1.97. The van der Waals surface area contributed by atoms with E-state index >= 15 is 0 Å². The van der Waals surface area contributed by atoms with Crippen LogP contribution in [0.25, 0.3) is 0 Å². The lowest BCUT2D eigenvalue weighted by atomic mass is 10.2. The lowest BCUT2D eigenvalue weighted by molar-refractivity contribution is 0.414. The molecule has 0 aromatic heterocycles. The molecule has 4 heteroatoms. The van der Waals surface area contributed by atoms with E-state index in [4.69, 9.17) is 9.63 Å². The number of methoxy groups -OCH3 is 1. The Morgan fingerprint density at radius 2 is 2.00 bits per heavy atom. The second kappa shape index (κ2) is 4.29. The lowest BCUT2D eigenvalue weighted by Crippen LogP contribution is -1.83. The zero-order valence-corrected chi connectivity index (χ0v) is 7.78. The number of hydrogen-bond acceptors (Lipinski definition) is 2. The summed E-state index contributed by atoms with van der Waals surface area (Å²) in [5.74, 6) is 0.761. The third kappa shape index (κ3) is 2.68. The van der Waals surface area contributed by atoms with Gasteiger partial charge in [0.15, 0.2) is 8.03 Å². The van der Waals surface area contributed by atoms with Crippen LogP contribution in [0.3, 0.4) is 0 Å². The van der Waals surface area contributed by atoms with Crippen LogP contribution in [0.1, 0.15) is 5.56 Å². The zero-order chi connectivity index (χ0) is 8.97. The highest BCUT2D eigenvalue weighted by atomic mass is 31.1. The molecule has 0 aliphatic rings. The van der Waals surface area contributed by atoms with Crippen molar-refractivity contribution in [3.05, 3.63) is 29.8 Å². The fraction of sp³-hybridized carbons (Fsp3) is 0.250. The number of hydrogen-bond donors (Lipinski definition) is 1. The standard InChI is InChI=1S/C8H11O3P/c1-11-8-4-2-7(3-5-8)6-12(9)10/h2-5,12H,6H2,1H3,(H,9,10). The summed E-state index contributed by atoms with van der Waals surface area (Å²) in [4.78, 5) is 8.65. The Kier molecular flexibility index (Phi) is 3.32. The molecule has 0 spiro atoms. The molecule has 1 aromatic carbocycles. The molecule has 0 aliphatic heterocycles. The van der Waals surface area contributed by atoms with Crippen LogP contribution in [-0.2, 0) is 10.7 Å². The predicted octanol–water partition coefficient (Wildman–Crippen LogP) is 1.66. The molecule has 0 bridgehead atoms. The van der Waals surface area contributed by atoms with Crippen molar-refractivity contribution >= 4 is 8.03 Å². The molecular weight excluding hydrogens is 175 g/mol. The van der Waals surface area contributed by atoms with Crippen LogP contribution in [0.4, 0.5) is 0 Å². The molecule has 1 atom stereocenters. The third-order valence-electron chi connectivity index (χ3n) is 1.51. The molecule has 1 N–H and O–H groups in total. The molecule has 1 unspecified atom stereocenters. The summed E-state index contributed by atoms with van der Waals surface area (Å²) in [6.45, 7) is 0. The molecular formula is C8H11O3P. The molecule has 0 saturated heterocycles. The highest BCUT2D eigenvalue weighted by molar-refractivity contribution is 7.37. The van der Waals surface area contributed by atoms with Gasteiger partial charge in [0.1, 0.15) is 5.75 Å². The van der Waals surface area contributed by atoms with E-state index < -0.39 is 8.03 Å². The van der Waals surface area contributed by atoms with E-state index in [2.05, 4.69) is 0 Å². The van der Waals surface area contributed by atoms with Crippen LogP contribution >= 0.6 is 8.03 Å². The second-order valence-electron chi connectivity index (χ2n) is 2.42. The summed E-state index contributed by atoms with van der Waals surface area (Å²) >= 11 is 0. The van der Waals surface area contributed by atoms with Crippen molar-refractivity contribution in [3.8, 4) is 5.75 Å². The van der Waals surface area contributed by atoms with Crippen molar-refractivity contribution in [1.29, 1.82) is 0 Å². The van der Waals surface area contributed by atoms with Gasteiger partial charge >= 0.3 is 0 Å². The average Bonchev–Trinajstić information content (AvgIpc) is 2.05. The van der Waals surface area contributed by atoms with E-state index in [9.17, 15) is 4.57 Å². The van der Waals surface area contributed by atoms with E-state index in [1.54, 1.807) is 31.4 Å². The van der Waals surface area contributed by atoms with Crippen molar-refractivity contribution in [1.82, 2.24) is 0 Å². The molecule has 0 aliphatic carbocycles. The van der Waals surface area contributed by atoms with Crippen LogP contribution in [0, 0.1) is 0 Å². The smallest absolute Gasteiger partial charge is 0.193 e. The van der Waals surface area contributed by atoms with Gasteiger partial charge in [-0.3, -0.25) is 4.57 Å². The first kappa shape index (κ1) is 9.30. The maximum absolute atomic E-state index is 10.5. The van der Waals surface area contributed by atoms with Crippen LogP contribution in [0.2, 0.25) is 0 Å². The van der Waals surface area contributed by atoms with Gasteiger partial charge in [0.2, 0.25) is 0 Å². The molecule has 0 amide bonds. The fourth-order valence-corrected chi connectivity index (χ4v) is 1.50. The Bertz CT molecular complexity index is 268. The Labute approximate surface area is 71.9 Å². The van der Waals surface area contributed by atoms with Gasteiger partial charge in [-0.25, -0.2) is 0 Å². The second-order valence-corrected chi connectivity index (χ2v) is 3.56. The van der Waals surface area contributed by atoms with E-state index in [0.29, 0.717) is 0 Å². The maximum atomic E-state index is 10.5. The molecule has 0 heterocycles. The summed E-state index contributed by atoms with van der Waals surface area (Å²) < 4.78 is 15.4. The van der Waals surface area contributed by atoms with E-state index in [0.717, 1.165) is 11.3 Å². The molecule has 0 fully saturated rings. The zero-order valence-electron chi connectivity index (χ0n) is 6.78. The number of ether oxygens (including phenoxy) is 1. The quantitative estimate of drug-likeness (QED) is 0.730. The largest absolute Gasteiger partial charge is 0.497 e. The molecule has 1 aromatic rings. The van der Waals surface area contributed by atoms with Crippen LogP contribution in [0.5, 0.6) is 5.75 Å². The maximum Gasteiger partial charge on any atom is 0.193 e. The van der Waals surface area contributed by atoms with Crippen LogP contribution in [-0.4, -0.2) is 12.0 Å². The Morgan fingerprint density at radius 3 is 2.42 bits per heavy atom. The van der Waals surface area contributed by atoms with Crippen molar-refractivity contribution in [2.24, 2.45) is 0 Å². The van der Waals surface area contributed by atoms with Gasteiger partial charge in [0.05, 0.1) is 7.11 Å². The minimum Gasteiger partial charge on any atom is -0.497 e. The molecule has 3 nitrogen and oxygen atoms in total. The van der Waals surface area contributed by atoms with Crippen molar-refractivity contribution in [2.75, 3.05) is 7.11 Å². The first-order valence-corrected chi connectivity index (χ1v) is 5.13. The summed E-state index contributed by atoms with van der Waals surface area (Å²) in [6.07, 6.45) is 0.245. The monoisotopic (exact) mass is 186 g/mol. The molecule has 12 heavy (non-hydrogen) atoms. The van der Waals surface area contributed by atoms with Gasteiger partial charge in [-0.05, 0) is 17.7 Å². The predicted molar refractivity (Wildman–Crippen MR) is 47.9 cm³/mol. The van der Waals surface area contributed by atoms with Gasteiger partial charge < -0.3 is 9.63 Å². The van der Waals surface area contributed by atoms with Gasteiger partial charge in [-0.2, -0.15) is 0 Å². The van der Waals surface area contributed by atoms with Crippen LogP contribution < -0.4 is 4.74 Å². The lowest BCUT2D eigenvalue weighted by Gasteiger charge is -2.00. The van der Waals surface area contributed by atoms with Crippen molar-refractivity contribution < 1.29 is 14.2 Å². The molecule has 0 radical (unpaired) electrons. The normalized spacial score (nSPS) is 12.5. The summed E-state index contributed by atoms with van der Waals surface area (Å²) in [5, 5.41) is 0. The Balaban J connectivity index is 2.71. The van der Waals surface area contributed by atoms with E-state index in [1.165, 1.54) is 0 Å². The molecule has 0 saturated carbocycles. The van der Waals surface area contributed by atoms with Crippen molar-refractivity contribution in [3.63, 3.8) is 0 Å². The minimum absolute atomic E-state index is 0.245. The molecule has 66 valence electrons. The first-order chi connectivity index (χ1) is 5.72. The Hall–Kier alpha value is -0.790. The van der Waals surface area contributed by atoms with Crippen LogP contribution in [0.15, 0.2) is 24.3 Å². The number of benzene rings is 1. The molecule has 1 rings (SSSR count). The van der Waals surface area contributed by atoms with Gasteiger partial charge in [0.25, 0.3) is 0 Å². The summed E-state index contributed by atoms with van der Waals surface area (Å²) in [5.41, 5.74) is 0.863. The van der Waals surface area contributed by atoms with E-state index in [-0.39, 0.29) is 6.16 Å². The highest BCUT2D eigenvalue weighted by Crippen LogP contribution is 2.22. The third-order valence-corrected chi connectivity index (χ3v) is 2.23. The van der Waals surface area contributed by atoms with E-state index in [1.807, 2.05) is 0 Å². The minimum atomic E-state index is -2.40. The Morgan fingerprint density at radius 1 is 1.42 bits per heavy atom. The van der Waals surface area contributed by atoms with Crippen molar-refractivity contribution in [2.45, 2.75) is 6.16 Å². The topological polar surface area (TPSA) is 46.5 Å². The van der Waals surface area contributed by atoms with Gasteiger partial charge in [0, 0.05) is 6.16 Å². The first-order valence-electron chi connectivity index (χ1n) is 3.57. The van der Waals surface area contributed by atoms with Gasteiger partial charge in [-0.1, -0.05) is 12.1 Å². The summed E-state index contributed by atoms with van der Waals surface area (Å²) in [7, 11) is -0.810.